The van der Waals surface area contributed by atoms with E-state index in [1.54, 1.807) is 4.90 Å². The van der Waals surface area contributed by atoms with Crippen molar-refractivity contribution in [3.63, 3.8) is 0 Å². The molecule has 0 spiro atoms. The van der Waals surface area contributed by atoms with E-state index in [2.05, 4.69) is 18.2 Å². The highest BCUT2D eigenvalue weighted by molar-refractivity contribution is 7.14. The first-order valence-corrected chi connectivity index (χ1v) is 12.1. The van der Waals surface area contributed by atoms with E-state index in [1.165, 1.54) is 42.6 Å². The normalized spacial score (nSPS) is 19.0. The lowest BCUT2D eigenvalue weighted by atomic mass is 9.98. The van der Waals surface area contributed by atoms with Gasteiger partial charge < -0.3 is 4.90 Å². The monoisotopic (exact) mass is 423 g/mol. The molecule has 2 amide bonds. The highest BCUT2D eigenvalue weighted by atomic mass is 32.1. The van der Waals surface area contributed by atoms with E-state index in [-0.39, 0.29) is 11.8 Å². The molecule has 0 saturated heterocycles. The lowest BCUT2D eigenvalue weighted by Crippen LogP contribution is -2.36. The molecule has 0 N–H and O–H groups in total. The van der Waals surface area contributed by atoms with E-state index in [4.69, 9.17) is 4.98 Å². The van der Waals surface area contributed by atoms with Gasteiger partial charge in [0.25, 0.3) is 0 Å². The van der Waals surface area contributed by atoms with Gasteiger partial charge in [0.15, 0.2) is 5.13 Å². The van der Waals surface area contributed by atoms with E-state index in [0.717, 1.165) is 54.3 Å². The van der Waals surface area contributed by atoms with Gasteiger partial charge in [-0.15, -0.1) is 11.3 Å². The molecule has 1 aliphatic heterocycles. The fraction of sp³-hybridized carbons (Fsp3) is 0.542. The van der Waals surface area contributed by atoms with E-state index in [1.807, 2.05) is 17.3 Å². The first kappa shape index (κ1) is 19.7. The van der Waals surface area contributed by atoms with Gasteiger partial charge in [-0.2, -0.15) is 0 Å². The summed E-state index contributed by atoms with van der Waals surface area (Å²) >= 11 is 1.52. The van der Waals surface area contributed by atoms with Gasteiger partial charge in [0, 0.05) is 42.6 Å². The molecule has 6 heteroatoms. The van der Waals surface area contributed by atoms with Gasteiger partial charge in [-0.25, -0.2) is 4.98 Å². The SMILES string of the molecule is CN(C(=O)CC1CCCC1)c1nc(-c2ccc3c(c2)CCCN3C(=O)C2CC2)cs1. The van der Waals surface area contributed by atoms with E-state index in [9.17, 15) is 9.59 Å². The van der Waals surface area contributed by atoms with Gasteiger partial charge in [0.05, 0.1) is 5.69 Å². The van der Waals surface area contributed by atoms with Crippen LogP contribution in [-0.2, 0) is 16.0 Å². The third-order valence-electron chi connectivity index (χ3n) is 6.78. The molecule has 158 valence electrons. The molecule has 0 atom stereocenters. The van der Waals surface area contributed by atoms with Crippen LogP contribution in [-0.4, -0.2) is 30.4 Å². The summed E-state index contributed by atoms with van der Waals surface area (Å²) in [6.07, 6.45) is 9.58. The van der Waals surface area contributed by atoms with Gasteiger partial charge in [0.1, 0.15) is 0 Å². The van der Waals surface area contributed by atoms with Crippen molar-refractivity contribution in [2.45, 2.75) is 57.8 Å². The van der Waals surface area contributed by atoms with Gasteiger partial charge in [-0.1, -0.05) is 18.9 Å². The van der Waals surface area contributed by atoms with Crippen LogP contribution in [0.5, 0.6) is 0 Å². The van der Waals surface area contributed by atoms with Crippen LogP contribution in [0.2, 0.25) is 0 Å². The molecule has 1 aromatic carbocycles. The Kier molecular flexibility index (Phi) is 5.35. The largest absolute Gasteiger partial charge is 0.312 e. The maximum absolute atomic E-state index is 12.7. The van der Waals surface area contributed by atoms with Crippen LogP contribution < -0.4 is 9.80 Å². The molecule has 2 aromatic rings. The van der Waals surface area contributed by atoms with E-state index >= 15 is 0 Å². The second kappa shape index (κ2) is 8.14. The van der Waals surface area contributed by atoms with Crippen LogP contribution in [0.1, 0.15) is 56.9 Å². The molecular weight excluding hydrogens is 394 g/mol. The number of nitrogens with zero attached hydrogens (tertiary/aromatic N) is 3. The number of hydrogen-bond donors (Lipinski definition) is 0. The summed E-state index contributed by atoms with van der Waals surface area (Å²) in [5.74, 6) is 1.25. The fourth-order valence-electron chi connectivity index (χ4n) is 4.79. The number of benzene rings is 1. The number of thiazole rings is 1. The number of carbonyl (C=O) groups is 2. The second-order valence-corrected chi connectivity index (χ2v) is 9.87. The minimum Gasteiger partial charge on any atom is -0.312 e. The molecule has 0 unspecified atom stereocenters. The molecule has 30 heavy (non-hydrogen) atoms. The molecule has 1 aromatic heterocycles. The Hall–Kier alpha value is -2.21. The molecule has 2 heterocycles. The lowest BCUT2D eigenvalue weighted by molar-refractivity contribution is -0.120. The van der Waals surface area contributed by atoms with Crippen molar-refractivity contribution in [2.24, 2.45) is 11.8 Å². The molecule has 2 aliphatic carbocycles. The Bertz CT molecular complexity index is 959. The number of rotatable bonds is 5. The van der Waals surface area contributed by atoms with Crippen molar-refractivity contribution in [2.75, 3.05) is 23.4 Å². The average molecular weight is 424 g/mol. The summed E-state index contributed by atoms with van der Waals surface area (Å²) in [5.41, 5.74) is 4.27. The number of aromatic nitrogens is 1. The minimum atomic E-state index is 0.169. The Balaban J connectivity index is 1.32. The number of fused-ring (bicyclic) bond motifs is 1. The zero-order valence-electron chi connectivity index (χ0n) is 17.6. The minimum absolute atomic E-state index is 0.169. The smallest absolute Gasteiger partial charge is 0.230 e. The van der Waals surface area contributed by atoms with Crippen molar-refractivity contribution >= 4 is 34.0 Å². The van der Waals surface area contributed by atoms with Crippen molar-refractivity contribution in [1.82, 2.24) is 4.98 Å². The summed E-state index contributed by atoms with van der Waals surface area (Å²) < 4.78 is 0. The standard InChI is InChI=1S/C24H29N3O2S/c1-26(22(28)13-16-5-2-3-6-16)24-25-20(15-30-24)18-10-11-21-19(14-18)7-4-12-27(21)23(29)17-8-9-17/h10-11,14-17H,2-9,12-13H2,1H3. The summed E-state index contributed by atoms with van der Waals surface area (Å²) in [6, 6.07) is 6.33. The quantitative estimate of drug-likeness (QED) is 0.677. The van der Waals surface area contributed by atoms with Crippen molar-refractivity contribution in [1.29, 1.82) is 0 Å². The highest BCUT2D eigenvalue weighted by Gasteiger charge is 2.35. The maximum atomic E-state index is 12.7. The molecule has 0 radical (unpaired) electrons. The molecule has 2 fully saturated rings. The molecular formula is C24H29N3O2S. The van der Waals surface area contributed by atoms with Crippen LogP contribution in [0.4, 0.5) is 10.8 Å². The predicted molar refractivity (Wildman–Crippen MR) is 121 cm³/mol. The number of amides is 2. The van der Waals surface area contributed by atoms with Crippen LogP contribution in [0.3, 0.4) is 0 Å². The second-order valence-electron chi connectivity index (χ2n) is 9.03. The van der Waals surface area contributed by atoms with Crippen LogP contribution in [0, 0.1) is 11.8 Å². The van der Waals surface area contributed by atoms with Gasteiger partial charge in [-0.3, -0.25) is 14.5 Å². The van der Waals surface area contributed by atoms with E-state index in [0.29, 0.717) is 18.2 Å². The zero-order valence-corrected chi connectivity index (χ0v) is 18.4. The molecule has 5 rings (SSSR count). The van der Waals surface area contributed by atoms with Crippen molar-refractivity contribution in [3.8, 4) is 11.3 Å². The molecule has 0 bridgehead atoms. The van der Waals surface area contributed by atoms with E-state index < -0.39 is 0 Å². The van der Waals surface area contributed by atoms with Gasteiger partial charge >= 0.3 is 0 Å². The Morgan fingerprint density at radius 1 is 1.17 bits per heavy atom. The highest BCUT2D eigenvalue weighted by Crippen LogP contribution is 2.38. The van der Waals surface area contributed by atoms with Crippen LogP contribution >= 0.6 is 11.3 Å². The summed E-state index contributed by atoms with van der Waals surface area (Å²) in [6.45, 7) is 0.830. The first-order valence-electron chi connectivity index (χ1n) is 11.3. The van der Waals surface area contributed by atoms with Crippen molar-refractivity contribution in [3.05, 3.63) is 29.1 Å². The number of carbonyl (C=O) groups excluding carboxylic acids is 2. The predicted octanol–water partition coefficient (Wildman–Crippen LogP) is 5.04. The number of aryl methyl sites for hydroxylation is 1. The summed E-state index contributed by atoms with van der Waals surface area (Å²) in [4.78, 5) is 33.7. The zero-order chi connectivity index (χ0) is 20.7. The van der Waals surface area contributed by atoms with Crippen LogP contribution in [0.25, 0.3) is 11.3 Å². The first-order chi connectivity index (χ1) is 14.6. The summed E-state index contributed by atoms with van der Waals surface area (Å²) in [7, 11) is 1.84. The molecule has 5 nitrogen and oxygen atoms in total. The molecule has 2 saturated carbocycles. The molecule has 3 aliphatic rings. The Labute approximate surface area is 182 Å². The average Bonchev–Trinajstić information content (AvgIpc) is 3.27. The van der Waals surface area contributed by atoms with Crippen molar-refractivity contribution < 1.29 is 9.59 Å². The fourth-order valence-corrected chi connectivity index (χ4v) is 5.61. The summed E-state index contributed by atoms with van der Waals surface area (Å²) in [5, 5.41) is 2.79. The Morgan fingerprint density at radius 3 is 2.73 bits per heavy atom. The maximum Gasteiger partial charge on any atom is 0.230 e. The van der Waals surface area contributed by atoms with Gasteiger partial charge in [0.2, 0.25) is 11.8 Å². The van der Waals surface area contributed by atoms with Gasteiger partial charge in [-0.05, 0) is 62.1 Å². The topological polar surface area (TPSA) is 53.5 Å². The Morgan fingerprint density at radius 2 is 1.97 bits per heavy atom. The third kappa shape index (κ3) is 3.89. The van der Waals surface area contributed by atoms with Crippen LogP contribution in [0.15, 0.2) is 23.6 Å². The number of anilines is 2. The third-order valence-corrected chi connectivity index (χ3v) is 7.69. The number of hydrogen-bond acceptors (Lipinski definition) is 4. The lowest BCUT2D eigenvalue weighted by Gasteiger charge is -2.30.